The third-order valence-electron chi connectivity index (χ3n) is 3.52. The molecule has 3 amide bonds. The van der Waals surface area contributed by atoms with Crippen LogP contribution < -0.4 is 10.6 Å². The van der Waals surface area contributed by atoms with Gasteiger partial charge >= 0.3 is 6.03 Å². The van der Waals surface area contributed by atoms with E-state index >= 15 is 0 Å². The molecule has 1 fully saturated rings. The number of hydrogen-bond acceptors (Lipinski definition) is 2. The number of hydrogen-bond donors (Lipinski definition) is 2. The summed E-state index contributed by atoms with van der Waals surface area (Å²) >= 11 is 5.88. The number of likely N-dealkylation sites (N-methyl/N-ethyl adjacent to an activating group) is 1. The van der Waals surface area contributed by atoms with Gasteiger partial charge in [-0.25, -0.2) is 4.79 Å². The standard InChI is InChI=1S/C18H15ClN4O2/c1-23-15(10-12-6-3-2-4-7-12)16(24)21-17(23)22-18(25)20-14-9-5-8-13(19)11-14/h2-11H,1H3,(H2,20,21,22,24,25). The second kappa shape index (κ2) is 7.19. The first-order valence-corrected chi connectivity index (χ1v) is 7.88. The lowest BCUT2D eigenvalue weighted by molar-refractivity contribution is -0.115. The maximum atomic E-state index is 12.1. The maximum absolute atomic E-state index is 12.1. The van der Waals surface area contributed by atoms with Crippen molar-refractivity contribution in [1.29, 1.82) is 0 Å². The fourth-order valence-corrected chi connectivity index (χ4v) is 2.49. The van der Waals surface area contributed by atoms with Crippen LogP contribution in [0.15, 0.2) is 65.3 Å². The normalized spacial score (nSPS) is 17.0. The summed E-state index contributed by atoms with van der Waals surface area (Å²) in [7, 11) is 1.66. The number of carbonyl (C=O) groups is 2. The smallest absolute Gasteiger partial charge is 0.310 e. The fraction of sp³-hybridized carbons (Fsp3) is 0.0556. The summed E-state index contributed by atoms with van der Waals surface area (Å²) in [6.45, 7) is 0. The summed E-state index contributed by atoms with van der Waals surface area (Å²) in [6.07, 6.45) is 1.73. The van der Waals surface area contributed by atoms with Crippen molar-refractivity contribution >= 4 is 41.3 Å². The summed E-state index contributed by atoms with van der Waals surface area (Å²) in [4.78, 5) is 29.6. The lowest BCUT2D eigenvalue weighted by Crippen LogP contribution is -2.29. The second-order valence-corrected chi connectivity index (χ2v) is 5.77. The lowest BCUT2D eigenvalue weighted by Gasteiger charge is -2.11. The van der Waals surface area contributed by atoms with Crippen LogP contribution in [0, 0.1) is 0 Å². The van der Waals surface area contributed by atoms with Crippen LogP contribution in [0.3, 0.4) is 0 Å². The van der Waals surface area contributed by atoms with Crippen LogP contribution in [-0.2, 0) is 4.79 Å². The average Bonchev–Trinajstić information content (AvgIpc) is 2.83. The summed E-state index contributed by atoms with van der Waals surface area (Å²) in [5.41, 5.74) is 1.80. The Balaban J connectivity index is 1.77. The largest absolute Gasteiger partial charge is 0.348 e. The van der Waals surface area contributed by atoms with Gasteiger partial charge in [-0.15, -0.1) is 0 Å². The Morgan fingerprint density at radius 2 is 1.96 bits per heavy atom. The second-order valence-electron chi connectivity index (χ2n) is 5.33. The van der Waals surface area contributed by atoms with Crippen LogP contribution in [0.2, 0.25) is 5.02 Å². The number of amides is 3. The van der Waals surface area contributed by atoms with Crippen molar-refractivity contribution in [2.75, 3.05) is 12.4 Å². The first-order valence-electron chi connectivity index (χ1n) is 7.50. The quantitative estimate of drug-likeness (QED) is 0.812. The molecule has 0 saturated carbocycles. The number of halogens is 1. The Hall–Kier alpha value is -3.12. The third-order valence-corrected chi connectivity index (χ3v) is 3.76. The van der Waals surface area contributed by atoms with E-state index in [-0.39, 0.29) is 11.9 Å². The molecule has 3 rings (SSSR count). The van der Waals surface area contributed by atoms with Gasteiger partial charge in [0.1, 0.15) is 5.70 Å². The number of rotatable bonds is 2. The van der Waals surface area contributed by atoms with Gasteiger partial charge in [0, 0.05) is 17.8 Å². The topological polar surface area (TPSA) is 73.8 Å². The van der Waals surface area contributed by atoms with Crippen molar-refractivity contribution < 1.29 is 9.59 Å². The molecule has 1 aliphatic rings. The van der Waals surface area contributed by atoms with E-state index in [4.69, 9.17) is 11.6 Å². The number of nitrogens with one attached hydrogen (secondary N) is 2. The van der Waals surface area contributed by atoms with Crippen LogP contribution in [0.4, 0.5) is 10.5 Å². The highest BCUT2D eigenvalue weighted by atomic mass is 35.5. The first-order chi connectivity index (χ1) is 12.0. The van der Waals surface area contributed by atoms with Crippen LogP contribution >= 0.6 is 11.6 Å². The number of carbonyl (C=O) groups excluding carboxylic acids is 2. The predicted molar refractivity (Wildman–Crippen MR) is 98.2 cm³/mol. The summed E-state index contributed by atoms with van der Waals surface area (Å²) in [5, 5.41) is 5.69. The minimum atomic E-state index is -0.606. The van der Waals surface area contributed by atoms with Crippen LogP contribution in [0.25, 0.3) is 6.08 Å². The highest BCUT2D eigenvalue weighted by molar-refractivity contribution is 6.30. The Labute approximate surface area is 149 Å². The minimum absolute atomic E-state index is 0.159. The van der Waals surface area contributed by atoms with Crippen LogP contribution in [-0.4, -0.2) is 29.8 Å². The average molecular weight is 355 g/mol. The van der Waals surface area contributed by atoms with Crippen molar-refractivity contribution in [2.24, 2.45) is 4.99 Å². The van der Waals surface area contributed by atoms with Gasteiger partial charge in [0.05, 0.1) is 0 Å². The van der Waals surface area contributed by atoms with Crippen molar-refractivity contribution in [3.8, 4) is 0 Å². The molecule has 0 spiro atoms. The SMILES string of the molecule is CN1C(=Cc2ccccc2)C(=O)NC1=NC(=O)Nc1cccc(Cl)c1. The molecule has 0 radical (unpaired) electrons. The molecule has 126 valence electrons. The van der Waals surface area contributed by atoms with Crippen molar-refractivity contribution in [3.63, 3.8) is 0 Å². The molecule has 2 aromatic carbocycles. The van der Waals surface area contributed by atoms with E-state index in [1.807, 2.05) is 30.3 Å². The zero-order valence-corrected chi connectivity index (χ0v) is 14.1. The molecule has 0 aromatic heterocycles. The Morgan fingerprint density at radius 1 is 1.20 bits per heavy atom. The van der Waals surface area contributed by atoms with Gasteiger partial charge in [0.15, 0.2) is 0 Å². The molecular weight excluding hydrogens is 340 g/mol. The lowest BCUT2D eigenvalue weighted by atomic mass is 10.2. The zero-order chi connectivity index (χ0) is 17.8. The molecule has 1 heterocycles. The van der Waals surface area contributed by atoms with Crippen LogP contribution in [0.5, 0.6) is 0 Å². The molecule has 25 heavy (non-hydrogen) atoms. The molecule has 1 saturated heterocycles. The van der Waals surface area contributed by atoms with Gasteiger partial charge in [-0.05, 0) is 29.8 Å². The van der Waals surface area contributed by atoms with Gasteiger partial charge in [0.2, 0.25) is 5.96 Å². The molecule has 0 atom stereocenters. The summed E-state index contributed by atoms with van der Waals surface area (Å²) < 4.78 is 0. The highest BCUT2D eigenvalue weighted by Crippen LogP contribution is 2.17. The van der Waals surface area contributed by atoms with E-state index in [1.165, 1.54) is 4.90 Å². The fourth-order valence-electron chi connectivity index (χ4n) is 2.30. The highest BCUT2D eigenvalue weighted by Gasteiger charge is 2.28. The van der Waals surface area contributed by atoms with E-state index in [1.54, 1.807) is 37.4 Å². The van der Waals surface area contributed by atoms with Gasteiger partial charge in [0.25, 0.3) is 5.91 Å². The van der Waals surface area contributed by atoms with E-state index in [2.05, 4.69) is 15.6 Å². The Bertz CT molecular complexity index is 878. The number of benzene rings is 2. The van der Waals surface area contributed by atoms with Gasteiger partial charge in [-0.1, -0.05) is 48.0 Å². The van der Waals surface area contributed by atoms with Crippen molar-refractivity contribution in [2.45, 2.75) is 0 Å². The predicted octanol–water partition coefficient (Wildman–Crippen LogP) is 3.33. The zero-order valence-electron chi connectivity index (χ0n) is 13.4. The minimum Gasteiger partial charge on any atom is -0.310 e. The van der Waals surface area contributed by atoms with E-state index in [0.717, 1.165) is 5.56 Å². The van der Waals surface area contributed by atoms with Crippen LogP contribution in [0.1, 0.15) is 5.56 Å². The van der Waals surface area contributed by atoms with Crippen molar-refractivity contribution in [3.05, 3.63) is 70.9 Å². The van der Waals surface area contributed by atoms with Crippen molar-refractivity contribution in [1.82, 2.24) is 10.2 Å². The Morgan fingerprint density at radius 3 is 2.68 bits per heavy atom. The van der Waals surface area contributed by atoms with E-state index in [9.17, 15) is 9.59 Å². The van der Waals surface area contributed by atoms with E-state index in [0.29, 0.717) is 16.4 Å². The van der Waals surface area contributed by atoms with Gasteiger partial charge in [-0.3, -0.25) is 10.1 Å². The summed E-state index contributed by atoms with van der Waals surface area (Å²) in [5.74, 6) is -0.160. The third kappa shape index (κ3) is 4.05. The molecule has 6 nitrogen and oxygen atoms in total. The molecule has 2 aromatic rings. The molecule has 2 N–H and O–H groups in total. The number of anilines is 1. The number of aliphatic imine (C=N–C) groups is 1. The molecule has 0 unspecified atom stereocenters. The summed E-state index contributed by atoms with van der Waals surface area (Å²) in [6, 6.07) is 15.5. The molecule has 7 heteroatoms. The number of guanidine groups is 1. The van der Waals surface area contributed by atoms with E-state index < -0.39 is 6.03 Å². The monoisotopic (exact) mass is 354 g/mol. The molecular formula is C18H15ClN4O2. The number of nitrogens with zero attached hydrogens (tertiary/aromatic N) is 2. The van der Waals surface area contributed by atoms with Gasteiger partial charge in [-0.2, -0.15) is 4.99 Å². The van der Waals surface area contributed by atoms with Gasteiger partial charge < -0.3 is 10.2 Å². The molecule has 0 aliphatic carbocycles. The molecule has 1 aliphatic heterocycles. The molecule has 0 bridgehead atoms. The maximum Gasteiger partial charge on any atom is 0.348 e. The number of urea groups is 1. The Kier molecular flexibility index (Phi) is 4.81. The first kappa shape index (κ1) is 16.7.